The second kappa shape index (κ2) is 5.73. The Labute approximate surface area is 112 Å². The van der Waals surface area contributed by atoms with Crippen molar-refractivity contribution in [3.05, 3.63) is 35.4 Å². The number of likely N-dealkylation sites (N-methyl/N-ethyl adjacent to an activating group) is 1. The lowest BCUT2D eigenvalue weighted by molar-refractivity contribution is 0.0943. The number of nitrogens with zero attached hydrogens (tertiary/aromatic N) is 1. The summed E-state index contributed by atoms with van der Waals surface area (Å²) in [5.41, 5.74) is 1.63. The Morgan fingerprint density at radius 1 is 1.47 bits per heavy atom. The number of hydrogen-bond donors (Lipinski definition) is 1. The predicted octanol–water partition coefficient (Wildman–Crippen LogP) is 1.57. The van der Waals surface area contributed by atoms with Crippen molar-refractivity contribution in [2.75, 3.05) is 20.1 Å². The topological polar surface area (TPSA) is 58.6 Å². The number of rotatable bonds is 4. The predicted molar refractivity (Wildman–Crippen MR) is 71.0 cm³/mol. The summed E-state index contributed by atoms with van der Waals surface area (Å²) in [5, 5.41) is 2.85. The van der Waals surface area contributed by atoms with Crippen LogP contribution in [0.3, 0.4) is 0 Å². The smallest absolute Gasteiger partial charge is 0.409 e. The summed E-state index contributed by atoms with van der Waals surface area (Å²) in [6.07, 6.45) is 0.207. The van der Waals surface area contributed by atoms with E-state index >= 15 is 0 Å². The Morgan fingerprint density at radius 3 is 2.84 bits per heavy atom. The first-order valence-corrected chi connectivity index (χ1v) is 6.33. The molecule has 2 amide bonds. The maximum atomic E-state index is 11.9. The normalized spacial score (nSPS) is 18.3. The van der Waals surface area contributed by atoms with E-state index in [0.29, 0.717) is 25.1 Å². The van der Waals surface area contributed by atoms with Gasteiger partial charge in [0, 0.05) is 25.6 Å². The van der Waals surface area contributed by atoms with Crippen molar-refractivity contribution >= 4 is 12.0 Å². The summed E-state index contributed by atoms with van der Waals surface area (Å²) in [4.78, 5) is 24.6. The SMILES string of the molecule is Cc1ccccc1C(=O)NCCC1CN(C)C(=O)O1. The molecule has 0 bridgehead atoms. The molecule has 1 atom stereocenters. The minimum Gasteiger partial charge on any atom is -0.444 e. The minimum atomic E-state index is -0.296. The monoisotopic (exact) mass is 262 g/mol. The molecule has 0 saturated carbocycles. The van der Waals surface area contributed by atoms with Gasteiger partial charge in [-0.2, -0.15) is 0 Å². The summed E-state index contributed by atoms with van der Waals surface area (Å²) in [6.45, 7) is 2.99. The Morgan fingerprint density at radius 2 is 2.21 bits per heavy atom. The minimum absolute atomic E-state index is 0.0872. The van der Waals surface area contributed by atoms with Crippen molar-refractivity contribution in [1.29, 1.82) is 0 Å². The molecule has 5 heteroatoms. The summed E-state index contributed by atoms with van der Waals surface area (Å²) in [6, 6.07) is 7.45. The van der Waals surface area contributed by atoms with Crippen molar-refractivity contribution in [1.82, 2.24) is 10.2 Å². The maximum Gasteiger partial charge on any atom is 0.409 e. The zero-order valence-corrected chi connectivity index (χ0v) is 11.2. The fraction of sp³-hybridized carbons (Fsp3) is 0.429. The van der Waals surface area contributed by atoms with Crippen LogP contribution in [0.1, 0.15) is 22.3 Å². The van der Waals surface area contributed by atoms with E-state index < -0.39 is 0 Å². The van der Waals surface area contributed by atoms with Crippen molar-refractivity contribution in [2.24, 2.45) is 0 Å². The lowest BCUT2D eigenvalue weighted by atomic mass is 10.1. The summed E-state index contributed by atoms with van der Waals surface area (Å²) in [5.74, 6) is -0.0872. The van der Waals surface area contributed by atoms with Crippen molar-refractivity contribution in [3.63, 3.8) is 0 Å². The van der Waals surface area contributed by atoms with Gasteiger partial charge in [0.2, 0.25) is 0 Å². The Bertz CT molecular complexity index is 487. The number of nitrogens with one attached hydrogen (secondary N) is 1. The number of ether oxygens (including phenoxy) is 1. The lowest BCUT2D eigenvalue weighted by Crippen LogP contribution is -2.28. The molecule has 1 fully saturated rings. The van der Waals surface area contributed by atoms with Gasteiger partial charge in [-0.25, -0.2) is 4.79 Å². The zero-order valence-electron chi connectivity index (χ0n) is 11.2. The molecule has 1 N–H and O–H groups in total. The van der Waals surface area contributed by atoms with Gasteiger partial charge in [0.15, 0.2) is 0 Å². The van der Waals surface area contributed by atoms with Crippen LogP contribution in [-0.4, -0.2) is 43.1 Å². The van der Waals surface area contributed by atoms with Crippen LogP contribution in [0.4, 0.5) is 4.79 Å². The van der Waals surface area contributed by atoms with E-state index in [1.54, 1.807) is 13.1 Å². The van der Waals surface area contributed by atoms with E-state index in [1.807, 2.05) is 25.1 Å². The number of benzene rings is 1. The summed E-state index contributed by atoms with van der Waals surface area (Å²) < 4.78 is 5.12. The first-order chi connectivity index (χ1) is 9.08. The van der Waals surface area contributed by atoms with Crippen LogP contribution in [0, 0.1) is 6.92 Å². The number of cyclic esters (lactones) is 1. The molecule has 1 aliphatic heterocycles. The Kier molecular flexibility index (Phi) is 4.04. The van der Waals surface area contributed by atoms with E-state index in [9.17, 15) is 9.59 Å². The van der Waals surface area contributed by atoms with E-state index in [2.05, 4.69) is 5.32 Å². The second-order valence-corrected chi connectivity index (χ2v) is 4.75. The summed E-state index contributed by atoms with van der Waals surface area (Å²) in [7, 11) is 1.70. The van der Waals surface area contributed by atoms with Gasteiger partial charge in [0.1, 0.15) is 6.10 Å². The molecule has 1 aromatic carbocycles. The van der Waals surface area contributed by atoms with E-state index in [0.717, 1.165) is 5.56 Å². The van der Waals surface area contributed by atoms with Crippen LogP contribution < -0.4 is 5.32 Å². The molecule has 0 radical (unpaired) electrons. The van der Waals surface area contributed by atoms with E-state index in [4.69, 9.17) is 4.74 Å². The van der Waals surface area contributed by atoms with Gasteiger partial charge in [0.25, 0.3) is 5.91 Å². The van der Waals surface area contributed by atoms with Crippen molar-refractivity contribution < 1.29 is 14.3 Å². The third-order valence-electron chi connectivity index (χ3n) is 3.20. The fourth-order valence-corrected chi connectivity index (χ4v) is 2.07. The fourth-order valence-electron chi connectivity index (χ4n) is 2.07. The quantitative estimate of drug-likeness (QED) is 0.896. The molecule has 1 unspecified atom stereocenters. The lowest BCUT2D eigenvalue weighted by Gasteiger charge is -2.10. The molecule has 2 rings (SSSR count). The molecule has 1 heterocycles. The Hall–Kier alpha value is -2.04. The third-order valence-corrected chi connectivity index (χ3v) is 3.20. The van der Waals surface area contributed by atoms with Crippen LogP contribution in [-0.2, 0) is 4.74 Å². The number of hydrogen-bond acceptors (Lipinski definition) is 3. The van der Waals surface area contributed by atoms with Crippen molar-refractivity contribution in [2.45, 2.75) is 19.4 Å². The van der Waals surface area contributed by atoms with Gasteiger partial charge in [-0.1, -0.05) is 18.2 Å². The highest BCUT2D eigenvalue weighted by Gasteiger charge is 2.27. The molecule has 1 saturated heterocycles. The second-order valence-electron chi connectivity index (χ2n) is 4.75. The molecule has 102 valence electrons. The molecule has 1 aliphatic rings. The summed E-state index contributed by atoms with van der Waals surface area (Å²) >= 11 is 0. The van der Waals surface area contributed by atoms with Crippen LogP contribution in [0.2, 0.25) is 0 Å². The van der Waals surface area contributed by atoms with Gasteiger partial charge in [-0.3, -0.25) is 4.79 Å². The van der Waals surface area contributed by atoms with Gasteiger partial charge >= 0.3 is 6.09 Å². The highest BCUT2D eigenvalue weighted by Crippen LogP contribution is 2.11. The zero-order chi connectivity index (χ0) is 13.8. The molecular weight excluding hydrogens is 244 g/mol. The number of aryl methyl sites for hydroxylation is 1. The average Bonchev–Trinajstić information content (AvgIpc) is 2.69. The third kappa shape index (κ3) is 3.24. The average molecular weight is 262 g/mol. The van der Waals surface area contributed by atoms with Crippen LogP contribution in [0.25, 0.3) is 0 Å². The highest BCUT2D eigenvalue weighted by atomic mass is 16.6. The molecular formula is C14H18N2O3. The number of carbonyl (C=O) groups excluding carboxylic acids is 2. The van der Waals surface area contributed by atoms with Crippen LogP contribution in [0.5, 0.6) is 0 Å². The first kappa shape index (κ1) is 13.4. The van der Waals surface area contributed by atoms with Crippen LogP contribution in [0.15, 0.2) is 24.3 Å². The first-order valence-electron chi connectivity index (χ1n) is 6.33. The molecule has 5 nitrogen and oxygen atoms in total. The van der Waals surface area contributed by atoms with Crippen molar-refractivity contribution in [3.8, 4) is 0 Å². The van der Waals surface area contributed by atoms with E-state index in [1.165, 1.54) is 4.90 Å². The standard InChI is InChI=1S/C14H18N2O3/c1-10-5-3-4-6-12(10)13(17)15-8-7-11-9-16(2)14(18)19-11/h3-6,11H,7-9H2,1-2H3,(H,15,17). The molecule has 0 aliphatic carbocycles. The van der Waals surface area contributed by atoms with E-state index in [-0.39, 0.29) is 18.1 Å². The van der Waals surface area contributed by atoms with Gasteiger partial charge < -0.3 is 15.0 Å². The van der Waals surface area contributed by atoms with Gasteiger partial charge in [0.05, 0.1) is 6.54 Å². The molecule has 1 aromatic rings. The van der Waals surface area contributed by atoms with Crippen LogP contribution >= 0.6 is 0 Å². The molecule has 0 spiro atoms. The maximum absolute atomic E-state index is 11.9. The largest absolute Gasteiger partial charge is 0.444 e. The molecule has 0 aromatic heterocycles. The number of carbonyl (C=O) groups is 2. The number of amides is 2. The van der Waals surface area contributed by atoms with Gasteiger partial charge in [-0.05, 0) is 18.6 Å². The van der Waals surface area contributed by atoms with Gasteiger partial charge in [-0.15, -0.1) is 0 Å². The highest BCUT2D eigenvalue weighted by molar-refractivity contribution is 5.95. The Balaban J connectivity index is 1.79. The molecule has 19 heavy (non-hydrogen) atoms.